The Morgan fingerprint density at radius 2 is 1.78 bits per heavy atom. The van der Waals surface area contributed by atoms with Crippen molar-refractivity contribution >= 4 is 40.1 Å². The fraction of sp³-hybridized carbons (Fsp3) is 0.200. The summed E-state index contributed by atoms with van der Waals surface area (Å²) in [6.45, 7) is 1.83. The standard InChI is InChI=1S/C25H23Cl2N3O2/c26-19-9-11-21(12-10-19)32-16-4-15-30-23-8-2-1-7-22(23)29-24(30)13-14-28-25(31)18-5-3-6-20(27)17-18/h1-3,5-12,17H,4,13-16H2,(H,28,31). The van der Waals surface area contributed by atoms with Crippen molar-refractivity contribution in [2.75, 3.05) is 13.2 Å². The molecule has 0 fully saturated rings. The number of nitrogens with zero attached hydrogens (tertiary/aromatic N) is 2. The number of nitrogens with one attached hydrogen (secondary N) is 1. The lowest BCUT2D eigenvalue weighted by Crippen LogP contribution is -2.26. The van der Waals surface area contributed by atoms with Gasteiger partial charge in [0.15, 0.2) is 0 Å². The van der Waals surface area contributed by atoms with Crippen molar-refractivity contribution in [2.24, 2.45) is 0 Å². The Balaban J connectivity index is 1.37. The number of amides is 1. The van der Waals surface area contributed by atoms with E-state index in [1.54, 1.807) is 24.3 Å². The predicted octanol–water partition coefficient (Wildman–Crippen LogP) is 5.78. The van der Waals surface area contributed by atoms with Gasteiger partial charge in [-0.15, -0.1) is 0 Å². The molecule has 0 saturated carbocycles. The largest absolute Gasteiger partial charge is 0.494 e. The molecule has 0 saturated heterocycles. The molecule has 1 N–H and O–H groups in total. The number of fused-ring (bicyclic) bond motifs is 1. The van der Waals surface area contributed by atoms with Crippen molar-refractivity contribution in [2.45, 2.75) is 19.4 Å². The second-order valence-electron chi connectivity index (χ2n) is 7.34. The molecule has 164 valence electrons. The number of aryl methyl sites for hydroxylation is 1. The first-order valence-electron chi connectivity index (χ1n) is 10.5. The lowest BCUT2D eigenvalue weighted by molar-refractivity contribution is 0.0954. The molecule has 0 unspecified atom stereocenters. The van der Waals surface area contributed by atoms with Crippen LogP contribution in [0.15, 0.2) is 72.8 Å². The SMILES string of the molecule is O=C(NCCc1nc2ccccc2n1CCCOc1ccc(Cl)cc1)c1cccc(Cl)c1. The molecule has 0 aliphatic heterocycles. The van der Waals surface area contributed by atoms with E-state index in [4.69, 9.17) is 32.9 Å². The molecule has 32 heavy (non-hydrogen) atoms. The molecule has 4 rings (SSSR count). The van der Waals surface area contributed by atoms with Gasteiger partial charge < -0.3 is 14.6 Å². The summed E-state index contributed by atoms with van der Waals surface area (Å²) in [6.07, 6.45) is 1.45. The second kappa shape index (κ2) is 10.5. The van der Waals surface area contributed by atoms with Gasteiger partial charge in [0.25, 0.3) is 5.91 Å². The first-order valence-corrected chi connectivity index (χ1v) is 11.2. The van der Waals surface area contributed by atoms with E-state index in [1.165, 1.54) is 0 Å². The van der Waals surface area contributed by atoms with Crippen molar-refractivity contribution in [3.8, 4) is 5.75 Å². The molecule has 0 radical (unpaired) electrons. The van der Waals surface area contributed by atoms with E-state index in [-0.39, 0.29) is 5.91 Å². The lowest BCUT2D eigenvalue weighted by atomic mass is 10.2. The first kappa shape index (κ1) is 22.2. The number of halogens is 2. The minimum atomic E-state index is -0.147. The maximum atomic E-state index is 12.4. The van der Waals surface area contributed by atoms with Gasteiger partial charge in [-0.05, 0) is 61.0 Å². The van der Waals surface area contributed by atoms with Crippen LogP contribution in [0.1, 0.15) is 22.6 Å². The Bertz CT molecular complexity index is 1210. The number of carbonyl (C=O) groups is 1. The van der Waals surface area contributed by atoms with E-state index in [9.17, 15) is 4.79 Å². The van der Waals surface area contributed by atoms with Gasteiger partial charge in [-0.2, -0.15) is 0 Å². The van der Waals surface area contributed by atoms with Gasteiger partial charge in [-0.3, -0.25) is 4.79 Å². The van der Waals surface area contributed by atoms with Crippen LogP contribution in [0.5, 0.6) is 5.75 Å². The third-order valence-electron chi connectivity index (χ3n) is 5.06. The predicted molar refractivity (Wildman–Crippen MR) is 129 cm³/mol. The van der Waals surface area contributed by atoms with Gasteiger partial charge in [0, 0.05) is 35.1 Å². The highest BCUT2D eigenvalue weighted by Gasteiger charge is 2.12. The zero-order valence-electron chi connectivity index (χ0n) is 17.4. The van der Waals surface area contributed by atoms with Crippen LogP contribution >= 0.6 is 23.2 Å². The highest BCUT2D eigenvalue weighted by Crippen LogP contribution is 2.18. The Kier molecular flexibility index (Phi) is 7.30. The maximum Gasteiger partial charge on any atom is 0.251 e. The number of hydrogen-bond acceptors (Lipinski definition) is 3. The number of rotatable bonds is 9. The van der Waals surface area contributed by atoms with E-state index in [2.05, 4.69) is 16.0 Å². The summed E-state index contributed by atoms with van der Waals surface area (Å²) in [4.78, 5) is 17.2. The molecule has 0 aliphatic rings. The highest BCUT2D eigenvalue weighted by atomic mass is 35.5. The van der Waals surface area contributed by atoms with Crippen molar-refractivity contribution < 1.29 is 9.53 Å². The van der Waals surface area contributed by atoms with Crippen LogP contribution in [-0.4, -0.2) is 28.6 Å². The lowest BCUT2D eigenvalue weighted by Gasteiger charge is -2.11. The number of para-hydroxylation sites is 2. The molecule has 0 aliphatic carbocycles. The van der Waals surface area contributed by atoms with Gasteiger partial charge in [-0.1, -0.05) is 41.4 Å². The molecule has 7 heteroatoms. The van der Waals surface area contributed by atoms with Crippen molar-refractivity contribution in [3.05, 3.63) is 94.2 Å². The van der Waals surface area contributed by atoms with E-state index in [0.29, 0.717) is 35.2 Å². The van der Waals surface area contributed by atoms with Crippen molar-refractivity contribution in [3.63, 3.8) is 0 Å². The zero-order valence-corrected chi connectivity index (χ0v) is 18.9. The summed E-state index contributed by atoms with van der Waals surface area (Å²) >= 11 is 11.9. The second-order valence-corrected chi connectivity index (χ2v) is 8.21. The number of imidazole rings is 1. The van der Waals surface area contributed by atoms with Gasteiger partial charge in [0.1, 0.15) is 11.6 Å². The van der Waals surface area contributed by atoms with Crippen LogP contribution in [0.4, 0.5) is 0 Å². The first-order chi connectivity index (χ1) is 15.6. The molecule has 3 aromatic carbocycles. The van der Waals surface area contributed by atoms with E-state index in [0.717, 1.165) is 35.6 Å². The minimum absolute atomic E-state index is 0.147. The molecule has 0 atom stereocenters. The molecule has 5 nitrogen and oxygen atoms in total. The molecular formula is C25H23Cl2N3O2. The summed E-state index contributed by atoms with van der Waals surface area (Å²) in [6, 6.07) is 22.3. The molecule has 1 aromatic heterocycles. The molecule has 0 spiro atoms. The fourth-order valence-corrected chi connectivity index (χ4v) is 3.85. The highest BCUT2D eigenvalue weighted by molar-refractivity contribution is 6.31. The quantitative estimate of drug-likeness (QED) is 0.317. The number of benzene rings is 3. The van der Waals surface area contributed by atoms with Gasteiger partial charge in [0.05, 0.1) is 17.6 Å². The number of hydrogen-bond donors (Lipinski definition) is 1. The van der Waals surface area contributed by atoms with Crippen LogP contribution in [0.3, 0.4) is 0 Å². The Hall–Kier alpha value is -3.02. The topological polar surface area (TPSA) is 56.2 Å². The van der Waals surface area contributed by atoms with Gasteiger partial charge in [0.2, 0.25) is 0 Å². The summed E-state index contributed by atoms with van der Waals surface area (Å²) in [7, 11) is 0. The fourth-order valence-electron chi connectivity index (χ4n) is 3.53. The molecule has 0 bridgehead atoms. The third-order valence-corrected chi connectivity index (χ3v) is 5.55. The number of aromatic nitrogens is 2. The van der Waals surface area contributed by atoms with Crippen LogP contribution in [0, 0.1) is 0 Å². The maximum absolute atomic E-state index is 12.4. The smallest absolute Gasteiger partial charge is 0.251 e. The third kappa shape index (κ3) is 5.61. The van der Waals surface area contributed by atoms with Gasteiger partial charge >= 0.3 is 0 Å². The van der Waals surface area contributed by atoms with E-state index in [1.807, 2.05) is 42.5 Å². The molecular weight excluding hydrogens is 445 g/mol. The van der Waals surface area contributed by atoms with Gasteiger partial charge in [-0.25, -0.2) is 4.98 Å². The van der Waals surface area contributed by atoms with Crippen LogP contribution in [0.25, 0.3) is 11.0 Å². The Morgan fingerprint density at radius 3 is 2.59 bits per heavy atom. The molecule has 1 heterocycles. The summed E-state index contributed by atoms with van der Waals surface area (Å²) in [5.41, 5.74) is 2.57. The summed E-state index contributed by atoms with van der Waals surface area (Å²) in [5, 5.41) is 4.18. The normalized spacial score (nSPS) is 10.9. The summed E-state index contributed by atoms with van der Waals surface area (Å²) in [5.74, 6) is 1.59. The monoisotopic (exact) mass is 467 g/mol. The Morgan fingerprint density at radius 1 is 0.969 bits per heavy atom. The summed E-state index contributed by atoms with van der Waals surface area (Å²) < 4.78 is 8.02. The molecule has 4 aromatic rings. The van der Waals surface area contributed by atoms with E-state index < -0.39 is 0 Å². The number of ether oxygens (including phenoxy) is 1. The Labute approximate surface area is 196 Å². The minimum Gasteiger partial charge on any atom is -0.494 e. The average molecular weight is 468 g/mol. The van der Waals surface area contributed by atoms with Crippen molar-refractivity contribution in [1.29, 1.82) is 0 Å². The van der Waals surface area contributed by atoms with Crippen LogP contribution in [-0.2, 0) is 13.0 Å². The van der Waals surface area contributed by atoms with Crippen LogP contribution in [0.2, 0.25) is 10.0 Å². The zero-order chi connectivity index (χ0) is 22.3. The number of carbonyl (C=O) groups excluding carboxylic acids is 1. The molecule has 1 amide bonds. The van der Waals surface area contributed by atoms with Crippen LogP contribution < -0.4 is 10.1 Å². The van der Waals surface area contributed by atoms with E-state index >= 15 is 0 Å². The van der Waals surface area contributed by atoms with Crippen molar-refractivity contribution in [1.82, 2.24) is 14.9 Å². The average Bonchev–Trinajstić information content (AvgIpc) is 3.15.